The van der Waals surface area contributed by atoms with E-state index in [1.165, 1.54) is 18.4 Å². The molecule has 1 fully saturated rings. The molecule has 102 valence electrons. The molecule has 0 amide bonds. The molecular weight excluding hydrogens is 226 g/mol. The highest BCUT2D eigenvalue weighted by atomic mass is 16.3. The van der Waals surface area contributed by atoms with Crippen LogP contribution >= 0.6 is 0 Å². The van der Waals surface area contributed by atoms with Gasteiger partial charge in [-0.05, 0) is 32.2 Å². The summed E-state index contributed by atoms with van der Waals surface area (Å²) in [6, 6.07) is 0.295. The summed E-state index contributed by atoms with van der Waals surface area (Å²) < 4.78 is 1.83. The number of aliphatic hydroxyl groups is 1. The average molecular weight is 251 g/mol. The zero-order chi connectivity index (χ0) is 13.1. The Morgan fingerprint density at radius 1 is 1.50 bits per heavy atom. The van der Waals surface area contributed by atoms with Crippen molar-refractivity contribution in [3.8, 4) is 0 Å². The van der Waals surface area contributed by atoms with Gasteiger partial charge in [0.25, 0.3) is 0 Å². The van der Waals surface area contributed by atoms with Gasteiger partial charge < -0.3 is 5.11 Å². The molecule has 0 aromatic carbocycles. The van der Waals surface area contributed by atoms with Crippen molar-refractivity contribution < 1.29 is 5.11 Å². The maximum atomic E-state index is 10.2. The minimum atomic E-state index is -0.172. The van der Waals surface area contributed by atoms with E-state index in [9.17, 15) is 5.11 Å². The van der Waals surface area contributed by atoms with Crippen LogP contribution in [0.25, 0.3) is 0 Å². The second kappa shape index (κ2) is 5.85. The molecule has 1 N–H and O–H groups in total. The lowest BCUT2D eigenvalue weighted by Crippen LogP contribution is -2.45. The molecule has 1 aromatic heterocycles. The van der Waals surface area contributed by atoms with Crippen molar-refractivity contribution in [1.82, 2.24) is 14.7 Å². The average Bonchev–Trinajstić information content (AvgIpc) is 2.75. The molecule has 0 spiro atoms. The van der Waals surface area contributed by atoms with Gasteiger partial charge in [-0.2, -0.15) is 5.10 Å². The molecule has 1 saturated carbocycles. The van der Waals surface area contributed by atoms with Gasteiger partial charge >= 0.3 is 0 Å². The Labute approximate surface area is 110 Å². The molecule has 0 radical (unpaired) electrons. The molecule has 2 rings (SSSR count). The minimum Gasteiger partial charge on any atom is -0.391 e. The highest BCUT2D eigenvalue weighted by molar-refractivity contribution is 5.04. The summed E-state index contributed by atoms with van der Waals surface area (Å²) in [6.07, 6.45) is 8.24. The molecule has 1 heterocycles. The highest BCUT2D eigenvalue weighted by Gasteiger charge is 2.31. The first-order chi connectivity index (χ1) is 8.60. The van der Waals surface area contributed by atoms with Gasteiger partial charge in [-0.1, -0.05) is 13.3 Å². The van der Waals surface area contributed by atoms with Gasteiger partial charge in [0, 0.05) is 31.4 Å². The number of likely N-dealkylation sites (N-methyl/N-ethyl adjacent to an activating group) is 1. The van der Waals surface area contributed by atoms with Crippen LogP contribution in [-0.4, -0.2) is 39.0 Å². The van der Waals surface area contributed by atoms with E-state index in [4.69, 9.17) is 0 Å². The molecular formula is C14H25N3O. The fraction of sp³-hybridized carbons (Fsp3) is 0.786. The van der Waals surface area contributed by atoms with E-state index >= 15 is 0 Å². The SMILES string of the molecule is CCC1CCC(O)C(N(C)Cc2cnn(C)c2)C1. The molecule has 3 unspecified atom stereocenters. The Balaban J connectivity index is 1.96. The summed E-state index contributed by atoms with van der Waals surface area (Å²) in [6.45, 7) is 3.12. The van der Waals surface area contributed by atoms with E-state index < -0.39 is 0 Å². The predicted molar refractivity (Wildman–Crippen MR) is 72.1 cm³/mol. The van der Waals surface area contributed by atoms with Gasteiger partial charge in [-0.15, -0.1) is 0 Å². The van der Waals surface area contributed by atoms with Crippen LogP contribution in [0.1, 0.15) is 38.2 Å². The maximum absolute atomic E-state index is 10.2. The third-order valence-corrected chi connectivity index (χ3v) is 4.22. The van der Waals surface area contributed by atoms with Crippen LogP contribution in [0.15, 0.2) is 12.4 Å². The lowest BCUT2D eigenvalue weighted by Gasteiger charge is -2.38. The molecule has 0 aliphatic heterocycles. The minimum absolute atomic E-state index is 0.172. The second-order valence-corrected chi connectivity index (χ2v) is 5.66. The Morgan fingerprint density at radius 2 is 2.28 bits per heavy atom. The Hall–Kier alpha value is -0.870. The number of hydrogen-bond donors (Lipinski definition) is 1. The number of nitrogens with zero attached hydrogens (tertiary/aromatic N) is 3. The van der Waals surface area contributed by atoms with Crippen molar-refractivity contribution in [2.45, 2.75) is 51.3 Å². The first-order valence-electron chi connectivity index (χ1n) is 6.96. The maximum Gasteiger partial charge on any atom is 0.0695 e. The van der Waals surface area contributed by atoms with Crippen LogP contribution in [0.4, 0.5) is 0 Å². The van der Waals surface area contributed by atoms with E-state index in [1.54, 1.807) is 0 Å². The Morgan fingerprint density at radius 3 is 2.89 bits per heavy atom. The normalized spacial score (nSPS) is 28.8. The van der Waals surface area contributed by atoms with Crippen molar-refractivity contribution in [3.05, 3.63) is 18.0 Å². The summed E-state index contributed by atoms with van der Waals surface area (Å²) in [5.41, 5.74) is 1.21. The van der Waals surface area contributed by atoms with E-state index in [2.05, 4.69) is 24.0 Å². The Bertz CT molecular complexity index is 377. The highest BCUT2D eigenvalue weighted by Crippen LogP contribution is 2.30. The first-order valence-corrected chi connectivity index (χ1v) is 6.96. The van der Waals surface area contributed by atoms with Gasteiger partial charge in [0.15, 0.2) is 0 Å². The quantitative estimate of drug-likeness (QED) is 0.887. The smallest absolute Gasteiger partial charge is 0.0695 e. The number of hydrogen-bond acceptors (Lipinski definition) is 3. The molecule has 0 bridgehead atoms. The van der Waals surface area contributed by atoms with Crippen molar-refractivity contribution in [1.29, 1.82) is 0 Å². The van der Waals surface area contributed by atoms with Crippen LogP contribution in [0.3, 0.4) is 0 Å². The van der Waals surface area contributed by atoms with Crippen molar-refractivity contribution in [2.75, 3.05) is 7.05 Å². The fourth-order valence-electron chi connectivity index (χ4n) is 3.02. The van der Waals surface area contributed by atoms with Crippen LogP contribution in [0, 0.1) is 5.92 Å². The monoisotopic (exact) mass is 251 g/mol. The van der Waals surface area contributed by atoms with Crippen LogP contribution in [-0.2, 0) is 13.6 Å². The molecule has 1 aliphatic rings. The van der Waals surface area contributed by atoms with Crippen LogP contribution < -0.4 is 0 Å². The molecule has 0 saturated heterocycles. The zero-order valence-corrected chi connectivity index (χ0v) is 11.7. The number of aromatic nitrogens is 2. The standard InChI is InChI=1S/C14H25N3O/c1-4-11-5-6-14(18)13(7-11)16(2)9-12-8-15-17(3)10-12/h8,10-11,13-14,18H,4-7,9H2,1-3H3. The van der Waals surface area contributed by atoms with Gasteiger partial charge in [0.1, 0.15) is 0 Å². The summed E-state index contributed by atoms with van der Waals surface area (Å²) in [4.78, 5) is 2.28. The predicted octanol–water partition coefficient (Wildman–Crippen LogP) is 1.79. The van der Waals surface area contributed by atoms with Crippen molar-refractivity contribution in [3.63, 3.8) is 0 Å². The van der Waals surface area contributed by atoms with E-state index in [-0.39, 0.29) is 6.10 Å². The second-order valence-electron chi connectivity index (χ2n) is 5.66. The summed E-state index contributed by atoms with van der Waals surface area (Å²) in [5.74, 6) is 0.773. The van der Waals surface area contributed by atoms with Crippen LogP contribution in [0.2, 0.25) is 0 Å². The summed E-state index contributed by atoms with van der Waals surface area (Å²) >= 11 is 0. The molecule has 4 nitrogen and oxygen atoms in total. The van der Waals surface area contributed by atoms with E-state index in [0.29, 0.717) is 6.04 Å². The topological polar surface area (TPSA) is 41.3 Å². The van der Waals surface area contributed by atoms with Gasteiger partial charge in [0.05, 0.1) is 12.3 Å². The van der Waals surface area contributed by atoms with E-state index in [0.717, 1.165) is 25.3 Å². The summed E-state index contributed by atoms with van der Waals surface area (Å²) in [7, 11) is 4.05. The van der Waals surface area contributed by atoms with Gasteiger partial charge in [0.2, 0.25) is 0 Å². The third kappa shape index (κ3) is 3.12. The third-order valence-electron chi connectivity index (χ3n) is 4.22. The van der Waals surface area contributed by atoms with Gasteiger partial charge in [-0.3, -0.25) is 9.58 Å². The van der Waals surface area contributed by atoms with Crippen molar-refractivity contribution >= 4 is 0 Å². The lowest BCUT2D eigenvalue weighted by molar-refractivity contribution is 0.0105. The van der Waals surface area contributed by atoms with Crippen molar-refractivity contribution in [2.24, 2.45) is 13.0 Å². The molecule has 1 aromatic rings. The first kappa shape index (κ1) is 13.6. The molecule has 3 atom stereocenters. The number of rotatable bonds is 4. The van der Waals surface area contributed by atoms with Gasteiger partial charge in [-0.25, -0.2) is 0 Å². The largest absolute Gasteiger partial charge is 0.391 e. The molecule has 18 heavy (non-hydrogen) atoms. The lowest BCUT2D eigenvalue weighted by atomic mass is 9.82. The zero-order valence-electron chi connectivity index (χ0n) is 11.7. The molecule has 4 heteroatoms. The van der Waals surface area contributed by atoms with E-state index in [1.807, 2.05) is 24.1 Å². The fourth-order valence-corrected chi connectivity index (χ4v) is 3.02. The summed E-state index contributed by atoms with van der Waals surface area (Å²) in [5, 5.41) is 14.4. The number of aryl methyl sites for hydroxylation is 1. The Kier molecular flexibility index (Phi) is 4.40. The van der Waals surface area contributed by atoms with Crippen LogP contribution in [0.5, 0.6) is 0 Å². The number of aliphatic hydroxyl groups excluding tert-OH is 1. The molecule has 1 aliphatic carbocycles.